The monoisotopic (exact) mass is 315 g/mol. The third kappa shape index (κ3) is 6.21. The van der Waals surface area contributed by atoms with E-state index >= 15 is 0 Å². The van der Waals surface area contributed by atoms with Crippen LogP contribution in [0.2, 0.25) is 0 Å². The summed E-state index contributed by atoms with van der Waals surface area (Å²) < 4.78 is 4.43. The number of ether oxygens (including phenoxy) is 1. The summed E-state index contributed by atoms with van der Waals surface area (Å²) in [6, 6.07) is -1.78. The Labute approximate surface area is 125 Å². The highest BCUT2D eigenvalue weighted by Gasteiger charge is 2.21. The molecule has 21 heavy (non-hydrogen) atoms. The molecule has 0 saturated carbocycles. The van der Waals surface area contributed by atoms with Crippen molar-refractivity contribution in [3.05, 3.63) is 16.1 Å². The van der Waals surface area contributed by atoms with Crippen molar-refractivity contribution in [2.75, 3.05) is 7.11 Å². The highest BCUT2D eigenvalue weighted by Crippen LogP contribution is 2.07. The number of nitrogens with zero attached hydrogens (tertiary/aromatic N) is 1. The molecule has 0 bridgehead atoms. The van der Waals surface area contributed by atoms with Crippen molar-refractivity contribution in [2.45, 2.75) is 32.4 Å². The molecular weight excluding hydrogens is 298 g/mol. The molecule has 0 fully saturated rings. The molecule has 3 N–H and O–H groups in total. The van der Waals surface area contributed by atoms with Gasteiger partial charge in [-0.05, 0) is 13.3 Å². The van der Waals surface area contributed by atoms with Crippen LogP contribution in [0, 0.1) is 6.92 Å². The number of carboxylic acids is 1. The van der Waals surface area contributed by atoms with Crippen molar-refractivity contribution < 1.29 is 24.2 Å². The van der Waals surface area contributed by atoms with E-state index in [2.05, 4.69) is 20.4 Å². The second kappa shape index (κ2) is 8.20. The molecule has 0 aliphatic rings. The summed E-state index contributed by atoms with van der Waals surface area (Å²) in [6.07, 6.45) is -0.121. The predicted octanol–water partition coefficient (Wildman–Crippen LogP) is 0.657. The first-order valence-corrected chi connectivity index (χ1v) is 7.05. The predicted molar refractivity (Wildman–Crippen MR) is 74.9 cm³/mol. The second-order valence-electron chi connectivity index (χ2n) is 4.19. The maximum atomic E-state index is 11.6. The lowest BCUT2D eigenvalue weighted by Crippen LogP contribution is -2.46. The van der Waals surface area contributed by atoms with Crippen LogP contribution in [0.3, 0.4) is 0 Å². The fourth-order valence-corrected chi connectivity index (χ4v) is 2.10. The lowest BCUT2D eigenvalue weighted by Gasteiger charge is -2.14. The highest BCUT2D eigenvalue weighted by atomic mass is 32.1. The number of urea groups is 1. The van der Waals surface area contributed by atoms with Crippen molar-refractivity contribution in [1.82, 2.24) is 15.6 Å². The molecular formula is C12H17N3O5S. The summed E-state index contributed by atoms with van der Waals surface area (Å²) in [5.41, 5.74) is 0.703. The van der Waals surface area contributed by atoms with Gasteiger partial charge in [0.15, 0.2) is 0 Å². The highest BCUT2D eigenvalue weighted by molar-refractivity contribution is 7.09. The minimum Gasteiger partial charge on any atom is -0.480 e. The molecule has 116 valence electrons. The zero-order chi connectivity index (χ0) is 15.8. The Balaban J connectivity index is 2.41. The molecule has 1 aromatic heterocycles. The lowest BCUT2D eigenvalue weighted by molar-refractivity contribution is -0.142. The van der Waals surface area contributed by atoms with E-state index in [0.29, 0.717) is 5.69 Å². The first-order valence-electron chi connectivity index (χ1n) is 6.17. The molecule has 2 amide bonds. The maximum Gasteiger partial charge on any atom is 0.326 e. The topological polar surface area (TPSA) is 118 Å². The van der Waals surface area contributed by atoms with Gasteiger partial charge in [-0.25, -0.2) is 14.6 Å². The van der Waals surface area contributed by atoms with Gasteiger partial charge in [-0.2, -0.15) is 0 Å². The molecule has 0 aliphatic carbocycles. The average Bonchev–Trinajstić information content (AvgIpc) is 2.86. The van der Waals surface area contributed by atoms with Crippen molar-refractivity contribution in [1.29, 1.82) is 0 Å². The minimum absolute atomic E-state index is 0.0365. The summed E-state index contributed by atoms with van der Waals surface area (Å²) in [4.78, 5) is 37.8. The van der Waals surface area contributed by atoms with E-state index in [4.69, 9.17) is 5.11 Å². The summed E-state index contributed by atoms with van der Waals surface area (Å²) in [5, 5.41) is 16.5. The Kier molecular flexibility index (Phi) is 6.60. The Morgan fingerprint density at radius 1 is 1.48 bits per heavy atom. The van der Waals surface area contributed by atoms with E-state index in [0.717, 1.165) is 5.01 Å². The summed E-state index contributed by atoms with van der Waals surface area (Å²) in [6.45, 7) is 2.06. The Morgan fingerprint density at radius 2 is 2.19 bits per heavy atom. The van der Waals surface area contributed by atoms with Gasteiger partial charge in [0.2, 0.25) is 0 Å². The zero-order valence-electron chi connectivity index (χ0n) is 11.7. The number of hydrogen-bond donors (Lipinski definition) is 3. The second-order valence-corrected chi connectivity index (χ2v) is 5.25. The first kappa shape index (κ1) is 16.9. The van der Waals surface area contributed by atoms with Gasteiger partial charge in [-0.15, -0.1) is 11.3 Å². The number of hydrogen-bond acceptors (Lipinski definition) is 6. The number of thiazole rings is 1. The van der Waals surface area contributed by atoms with Gasteiger partial charge < -0.3 is 20.5 Å². The average molecular weight is 315 g/mol. The molecule has 1 aromatic rings. The van der Waals surface area contributed by atoms with Crippen LogP contribution in [-0.4, -0.2) is 41.2 Å². The van der Waals surface area contributed by atoms with Gasteiger partial charge in [-0.3, -0.25) is 4.79 Å². The molecule has 8 nitrogen and oxygen atoms in total. The van der Waals surface area contributed by atoms with Crippen LogP contribution >= 0.6 is 11.3 Å². The summed E-state index contributed by atoms with van der Waals surface area (Å²) in [5.74, 6) is -1.74. The summed E-state index contributed by atoms with van der Waals surface area (Å²) in [7, 11) is 1.22. The molecule has 9 heteroatoms. The van der Waals surface area contributed by atoms with Gasteiger partial charge in [-0.1, -0.05) is 0 Å². The van der Waals surface area contributed by atoms with Crippen LogP contribution in [-0.2, 0) is 20.9 Å². The van der Waals surface area contributed by atoms with E-state index in [-0.39, 0.29) is 19.4 Å². The number of aryl methyl sites for hydroxylation is 1. The van der Waals surface area contributed by atoms with E-state index in [9.17, 15) is 14.4 Å². The van der Waals surface area contributed by atoms with Crippen LogP contribution in [0.25, 0.3) is 0 Å². The molecule has 0 saturated heterocycles. The van der Waals surface area contributed by atoms with E-state index < -0.39 is 24.0 Å². The van der Waals surface area contributed by atoms with Crippen LogP contribution in [0.1, 0.15) is 23.5 Å². The number of carbonyl (C=O) groups excluding carboxylic acids is 2. The van der Waals surface area contributed by atoms with E-state index in [1.54, 1.807) is 0 Å². The minimum atomic E-state index is -1.21. The molecule has 1 atom stereocenters. The fourth-order valence-electron chi connectivity index (χ4n) is 1.49. The number of carboxylic acid groups (broad SMARTS) is 1. The van der Waals surface area contributed by atoms with Crippen molar-refractivity contribution in [2.24, 2.45) is 0 Å². The Bertz CT molecular complexity index is 517. The Hall–Kier alpha value is -2.16. The number of carbonyl (C=O) groups is 3. The maximum absolute atomic E-state index is 11.6. The number of methoxy groups -OCH3 is 1. The van der Waals surface area contributed by atoms with Crippen molar-refractivity contribution >= 4 is 29.3 Å². The number of esters is 1. The lowest BCUT2D eigenvalue weighted by atomic mass is 10.1. The van der Waals surface area contributed by atoms with Crippen LogP contribution in [0.5, 0.6) is 0 Å². The number of rotatable bonds is 7. The normalized spacial score (nSPS) is 11.5. The smallest absolute Gasteiger partial charge is 0.326 e. The van der Waals surface area contributed by atoms with Gasteiger partial charge in [0.05, 0.1) is 24.4 Å². The van der Waals surface area contributed by atoms with E-state index in [1.165, 1.54) is 18.4 Å². The van der Waals surface area contributed by atoms with Gasteiger partial charge >= 0.3 is 18.0 Å². The molecule has 1 rings (SSSR count). The van der Waals surface area contributed by atoms with Crippen LogP contribution < -0.4 is 10.6 Å². The number of aliphatic carboxylic acids is 1. The third-order valence-electron chi connectivity index (χ3n) is 2.56. The fraction of sp³-hybridized carbons (Fsp3) is 0.500. The molecule has 0 radical (unpaired) electrons. The standard InChI is InChI=1S/C12H17N3O5S/c1-7-14-8(6-21-7)5-13-12(19)15-9(11(17)18)3-4-10(16)20-2/h6,9H,3-5H2,1-2H3,(H,17,18)(H2,13,15,19)/t9-/m1/s1. The van der Waals surface area contributed by atoms with Gasteiger partial charge in [0, 0.05) is 11.8 Å². The van der Waals surface area contributed by atoms with Crippen LogP contribution in [0.15, 0.2) is 5.38 Å². The third-order valence-corrected chi connectivity index (χ3v) is 3.39. The molecule has 0 spiro atoms. The SMILES string of the molecule is COC(=O)CC[C@@H](NC(=O)NCc1csc(C)n1)C(=O)O. The number of aromatic nitrogens is 1. The molecule has 0 unspecified atom stereocenters. The molecule has 0 aliphatic heterocycles. The molecule has 1 heterocycles. The first-order chi connectivity index (χ1) is 9.92. The van der Waals surface area contributed by atoms with Crippen molar-refractivity contribution in [3.8, 4) is 0 Å². The van der Waals surface area contributed by atoms with Crippen LogP contribution in [0.4, 0.5) is 4.79 Å². The van der Waals surface area contributed by atoms with E-state index in [1.807, 2.05) is 12.3 Å². The van der Waals surface area contributed by atoms with Gasteiger partial charge in [0.1, 0.15) is 6.04 Å². The van der Waals surface area contributed by atoms with Crippen molar-refractivity contribution in [3.63, 3.8) is 0 Å². The largest absolute Gasteiger partial charge is 0.480 e. The summed E-state index contributed by atoms with van der Waals surface area (Å²) >= 11 is 1.46. The number of nitrogens with one attached hydrogen (secondary N) is 2. The zero-order valence-corrected chi connectivity index (χ0v) is 12.5. The quantitative estimate of drug-likeness (QED) is 0.636. The molecule has 0 aromatic carbocycles. The van der Waals surface area contributed by atoms with Gasteiger partial charge in [0.25, 0.3) is 0 Å². The Morgan fingerprint density at radius 3 is 2.71 bits per heavy atom. The number of amides is 2.